The molecule has 0 bridgehead atoms. The maximum Gasteiger partial charge on any atom is 0.153 e. The Labute approximate surface area is 289 Å². The number of aromatic hydroxyl groups is 1. The molecule has 0 saturated carbocycles. The van der Waals surface area contributed by atoms with E-state index in [2.05, 4.69) is 25.0 Å². The Morgan fingerprint density at radius 2 is 1.10 bits per heavy atom. The summed E-state index contributed by atoms with van der Waals surface area (Å²) in [6.45, 7) is 14.7. The van der Waals surface area contributed by atoms with Crippen LogP contribution in [0.4, 0.5) is 0 Å². The van der Waals surface area contributed by atoms with Gasteiger partial charge in [0.25, 0.3) is 0 Å². The van der Waals surface area contributed by atoms with Crippen molar-refractivity contribution in [2.75, 3.05) is 0 Å². The van der Waals surface area contributed by atoms with E-state index in [9.17, 15) is 9.90 Å². The molecule has 0 saturated heterocycles. The molecule has 5 nitrogen and oxygen atoms in total. The van der Waals surface area contributed by atoms with Crippen molar-refractivity contribution in [3.05, 3.63) is 166 Å². The van der Waals surface area contributed by atoms with Gasteiger partial charge in [-0.3, -0.25) is 4.79 Å². The second-order valence-electron chi connectivity index (χ2n) is 12.7. The van der Waals surface area contributed by atoms with Crippen molar-refractivity contribution in [3.63, 3.8) is 0 Å². The van der Waals surface area contributed by atoms with E-state index in [1.54, 1.807) is 6.07 Å². The van der Waals surface area contributed by atoms with Gasteiger partial charge in [-0.1, -0.05) is 106 Å². The molecule has 0 atom stereocenters. The minimum absolute atomic E-state index is 0.00224. The largest absolute Gasteiger partial charge is 0.507 e. The van der Waals surface area contributed by atoms with Crippen molar-refractivity contribution in [3.8, 4) is 34.8 Å². The van der Waals surface area contributed by atoms with Gasteiger partial charge in [0.15, 0.2) is 6.29 Å². The molecule has 0 fully saturated rings. The second kappa shape index (κ2) is 15.7. The number of benzene rings is 5. The lowest BCUT2D eigenvalue weighted by molar-refractivity contribution is 0.112. The first-order valence-electron chi connectivity index (χ1n) is 16.0. The number of hydrogen-bond donors (Lipinski definition) is 1. The van der Waals surface area contributed by atoms with Crippen LogP contribution < -0.4 is 14.2 Å². The molecule has 246 valence electrons. The normalized spacial score (nSPS) is 10.8. The van der Waals surface area contributed by atoms with Gasteiger partial charge in [-0.15, -0.1) is 0 Å². The number of phenolic OH excluding ortho intramolecular Hbond substituents is 1. The van der Waals surface area contributed by atoms with Crippen molar-refractivity contribution in [2.24, 2.45) is 0 Å². The van der Waals surface area contributed by atoms with E-state index in [1.807, 2.05) is 130 Å². The third kappa shape index (κ3) is 9.53. The monoisotopic (exact) mass is 648 g/mol. The van der Waals surface area contributed by atoms with Crippen molar-refractivity contribution < 1.29 is 24.1 Å². The van der Waals surface area contributed by atoms with Gasteiger partial charge < -0.3 is 19.3 Å². The highest BCUT2D eigenvalue weighted by Crippen LogP contribution is 2.34. The van der Waals surface area contributed by atoms with Gasteiger partial charge in [-0.25, -0.2) is 0 Å². The maximum absolute atomic E-state index is 11.6. The fourth-order valence-electron chi connectivity index (χ4n) is 5.05. The third-order valence-corrected chi connectivity index (χ3v) is 7.87. The number of phenols is 1. The smallest absolute Gasteiger partial charge is 0.153 e. The molecule has 5 aromatic carbocycles. The first-order chi connectivity index (χ1) is 23.6. The first kappa shape index (κ1) is 34.3. The van der Waals surface area contributed by atoms with Crippen LogP contribution in [0.3, 0.4) is 0 Å². The third-order valence-electron chi connectivity index (χ3n) is 7.87. The van der Waals surface area contributed by atoms with Crippen molar-refractivity contribution in [1.82, 2.24) is 0 Å². The number of aldehydes is 1. The molecule has 0 amide bonds. The summed E-state index contributed by atoms with van der Waals surface area (Å²) in [5.41, 5.74) is 7.12. The summed E-state index contributed by atoms with van der Waals surface area (Å²) < 4.78 is 18.5. The molecule has 1 N–H and O–H groups in total. The Morgan fingerprint density at radius 1 is 0.612 bits per heavy atom. The highest BCUT2D eigenvalue weighted by Gasteiger charge is 2.21. The maximum atomic E-state index is 11.6. The van der Waals surface area contributed by atoms with Gasteiger partial charge >= 0.3 is 0 Å². The number of ether oxygens (including phenoxy) is 3. The molecule has 0 radical (unpaired) electrons. The zero-order valence-corrected chi connectivity index (χ0v) is 28.2. The van der Waals surface area contributed by atoms with E-state index in [-0.39, 0.29) is 16.7 Å². The summed E-state index contributed by atoms with van der Waals surface area (Å²) in [5.74, 6) is 8.32. The molecule has 0 aliphatic heterocycles. The minimum Gasteiger partial charge on any atom is -0.507 e. The summed E-state index contributed by atoms with van der Waals surface area (Å²) >= 11 is 0. The Kier molecular flexibility index (Phi) is 11.0. The van der Waals surface area contributed by atoms with Crippen molar-refractivity contribution in [1.29, 1.82) is 0 Å². The number of hydrogen-bond acceptors (Lipinski definition) is 5. The SMILES string of the molecule is C=Cc1ccc(COc2cc(COc3ccc(C#Cc4cc(C=O)c(O)c(C(C)(C)C)c4)cc3)cc(OCc3ccc(C=C)cc3)c2)cc1. The van der Waals surface area contributed by atoms with Crippen LogP contribution in [0.15, 0.2) is 116 Å². The molecular weight excluding hydrogens is 608 g/mol. The van der Waals surface area contributed by atoms with Crippen molar-refractivity contribution in [2.45, 2.75) is 46.0 Å². The topological polar surface area (TPSA) is 65.0 Å². The van der Waals surface area contributed by atoms with Gasteiger partial charge in [-0.05, 0) is 81.8 Å². The van der Waals surface area contributed by atoms with Crippen molar-refractivity contribution >= 4 is 18.4 Å². The second-order valence-corrected chi connectivity index (χ2v) is 12.7. The zero-order chi connectivity index (χ0) is 34.8. The summed E-state index contributed by atoms with van der Waals surface area (Å²) in [6.07, 6.45) is 4.28. The average Bonchev–Trinajstić information content (AvgIpc) is 3.12. The quantitative estimate of drug-likeness (QED) is 0.108. The minimum atomic E-state index is -0.341. The van der Waals surface area contributed by atoms with E-state index in [0.717, 1.165) is 33.4 Å². The Morgan fingerprint density at radius 3 is 1.59 bits per heavy atom. The van der Waals surface area contributed by atoms with Crippen LogP contribution >= 0.6 is 0 Å². The summed E-state index contributed by atoms with van der Waals surface area (Å²) in [4.78, 5) is 11.6. The van der Waals surface area contributed by atoms with Crippen LogP contribution in [0.1, 0.15) is 75.6 Å². The van der Waals surface area contributed by atoms with E-state index in [4.69, 9.17) is 14.2 Å². The molecule has 0 aliphatic carbocycles. The van der Waals surface area contributed by atoms with Crippen LogP contribution in [-0.4, -0.2) is 11.4 Å². The van der Waals surface area contributed by atoms with Crippen LogP contribution in [0.5, 0.6) is 23.0 Å². The van der Waals surface area contributed by atoms with Gasteiger partial charge in [-0.2, -0.15) is 0 Å². The Hall–Kier alpha value is -5.99. The van der Waals surface area contributed by atoms with Gasteiger partial charge in [0.05, 0.1) is 5.56 Å². The Bertz CT molecular complexity index is 1910. The fourth-order valence-corrected chi connectivity index (χ4v) is 5.05. The van der Waals surface area contributed by atoms with Crippen LogP contribution in [0.2, 0.25) is 0 Å². The first-order valence-corrected chi connectivity index (χ1v) is 16.0. The summed E-state index contributed by atoms with van der Waals surface area (Å²) in [7, 11) is 0. The van der Waals surface area contributed by atoms with Crippen LogP contribution in [-0.2, 0) is 25.2 Å². The van der Waals surface area contributed by atoms with Gasteiger partial charge in [0.2, 0.25) is 0 Å². The van der Waals surface area contributed by atoms with Gasteiger partial charge in [0, 0.05) is 22.8 Å². The van der Waals surface area contributed by atoms with E-state index in [1.165, 1.54) is 0 Å². The van der Waals surface area contributed by atoms with Crippen LogP contribution in [0.25, 0.3) is 12.2 Å². The lowest BCUT2D eigenvalue weighted by Crippen LogP contribution is -2.12. The number of carbonyl (C=O) groups excluding carboxylic acids is 1. The molecule has 5 heteroatoms. The fraction of sp³-hybridized carbons (Fsp3) is 0.159. The van der Waals surface area contributed by atoms with Gasteiger partial charge in [0.1, 0.15) is 42.8 Å². The highest BCUT2D eigenvalue weighted by atomic mass is 16.5. The van der Waals surface area contributed by atoms with E-state index < -0.39 is 0 Å². The molecule has 5 rings (SSSR count). The molecule has 0 aromatic heterocycles. The molecule has 0 aliphatic rings. The lowest BCUT2D eigenvalue weighted by atomic mass is 9.84. The molecule has 49 heavy (non-hydrogen) atoms. The summed E-state index contributed by atoms with van der Waals surface area (Å²) in [5, 5.41) is 10.5. The Balaban J connectivity index is 1.29. The average molecular weight is 649 g/mol. The molecular formula is C44H40O5. The zero-order valence-electron chi connectivity index (χ0n) is 28.2. The van der Waals surface area contributed by atoms with E-state index in [0.29, 0.717) is 54.5 Å². The van der Waals surface area contributed by atoms with Crippen LogP contribution in [0, 0.1) is 11.8 Å². The number of carbonyl (C=O) groups is 1. The highest BCUT2D eigenvalue weighted by molar-refractivity contribution is 5.81. The number of rotatable bonds is 12. The molecule has 0 spiro atoms. The predicted molar refractivity (Wildman–Crippen MR) is 197 cm³/mol. The predicted octanol–water partition coefficient (Wildman–Crippen LogP) is 9.92. The standard InChI is InChI=1S/C44H40O5/c1-6-31-8-13-34(14-9-31)28-48-40-23-37(24-41(26-40)49-29-35-15-10-32(7-2)11-16-35)30-47-39-20-18-33(19-21-39)12-17-36-22-38(27-45)43(46)42(25-36)44(3,4)5/h6-11,13-16,18-27,46H,1-2,28-30H2,3-5H3. The van der Waals surface area contributed by atoms with E-state index >= 15 is 0 Å². The lowest BCUT2D eigenvalue weighted by Gasteiger charge is -2.21. The molecule has 5 aromatic rings. The molecule has 0 unspecified atom stereocenters. The summed E-state index contributed by atoms with van der Waals surface area (Å²) in [6, 6.07) is 32.9. The molecule has 0 heterocycles.